The molecular weight excluding hydrogens is 238 g/mol. The number of nitrogens with one attached hydrogen (secondary N) is 1. The third-order valence-corrected chi connectivity index (χ3v) is 4.22. The van der Waals surface area contributed by atoms with E-state index < -0.39 is 0 Å². The predicted octanol–water partition coefficient (Wildman–Crippen LogP) is 5.05. The van der Waals surface area contributed by atoms with Gasteiger partial charge in [0.05, 0.1) is 10.6 Å². The number of H-pyrrole nitrogens is 1. The first-order valence-electron chi connectivity index (χ1n) is 5.96. The number of fused-ring (bicyclic) bond motifs is 3. The van der Waals surface area contributed by atoms with Crippen LogP contribution in [-0.2, 0) is 0 Å². The maximum Gasteiger partial charge on any atom is 0.0566 e. The lowest BCUT2D eigenvalue weighted by Gasteiger charge is -1.97. The molecule has 0 unspecified atom stereocenters. The van der Waals surface area contributed by atoms with Crippen LogP contribution in [0.1, 0.15) is 0 Å². The van der Waals surface area contributed by atoms with E-state index in [2.05, 4.69) is 65.0 Å². The van der Waals surface area contributed by atoms with Gasteiger partial charge in [0.2, 0.25) is 0 Å². The van der Waals surface area contributed by atoms with Gasteiger partial charge in [-0.15, -0.1) is 11.3 Å². The third kappa shape index (κ3) is 1.39. The lowest BCUT2D eigenvalue weighted by Crippen LogP contribution is -1.73. The minimum atomic E-state index is 1.20. The van der Waals surface area contributed by atoms with E-state index in [-0.39, 0.29) is 0 Å². The van der Waals surface area contributed by atoms with Gasteiger partial charge in [0.1, 0.15) is 0 Å². The molecule has 4 rings (SSSR count). The molecule has 18 heavy (non-hydrogen) atoms. The van der Waals surface area contributed by atoms with Crippen LogP contribution in [0.25, 0.3) is 32.2 Å². The molecule has 1 nitrogen and oxygen atoms in total. The van der Waals surface area contributed by atoms with E-state index in [1.54, 1.807) is 11.3 Å². The van der Waals surface area contributed by atoms with Gasteiger partial charge in [-0.2, -0.15) is 0 Å². The van der Waals surface area contributed by atoms with E-state index in [0.29, 0.717) is 0 Å². The van der Waals surface area contributed by atoms with E-state index in [1.807, 2.05) is 0 Å². The highest BCUT2D eigenvalue weighted by atomic mass is 32.1. The molecule has 0 aliphatic heterocycles. The molecule has 2 heteroatoms. The Morgan fingerprint density at radius 1 is 0.833 bits per heavy atom. The summed E-state index contributed by atoms with van der Waals surface area (Å²) in [7, 11) is 0. The van der Waals surface area contributed by atoms with Crippen molar-refractivity contribution in [1.82, 2.24) is 4.98 Å². The van der Waals surface area contributed by atoms with Crippen LogP contribution in [-0.4, -0.2) is 4.98 Å². The standard InChI is InChI=1S/C16H11NS/c1-2-5-12-11(4-1)7-8-14-13(12)10-15(17-14)16-6-3-9-18-16/h1-10,17H. The van der Waals surface area contributed by atoms with Crippen molar-refractivity contribution in [3.63, 3.8) is 0 Å². The molecule has 0 amide bonds. The first-order valence-corrected chi connectivity index (χ1v) is 6.84. The number of hydrogen-bond donors (Lipinski definition) is 1. The lowest BCUT2D eigenvalue weighted by atomic mass is 10.1. The Hall–Kier alpha value is -2.06. The van der Waals surface area contributed by atoms with Gasteiger partial charge >= 0.3 is 0 Å². The van der Waals surface area contributed by atoms with Crippen LogP contribution in [0.2, 0.25) is 0 Å². The van der Waals surface area contributed by atoms with Crippen LogP contribution in [0.4, 0.5) is 0 Å². The van der Waals surface area contributed by atoms with Crippen LogP contribution < -0.4 is 0 Å². The SMILES string of the molecule is c1csc(-c2cc3c(ccc4ccccc43)[nH]2)c1. The summed E-state index contributed by atoms with van der Waals surface area (Å²) < 4.78 is 0. The van der Waals surface area contributed by atoms with E-state index in [1.165, 1.54) is 32.2 Å². The van der Waals surface area contributed by atoms with Gasteiger partial charge in [-0.1, -0.05) is 36.4 Å². The summed E-state index contributed by atoms with van der Waals surface area (Å²) in [4.78, 5) is 4.79. The maximum atomic E-state index is 3.50. The number of benzene rings is 2. The molecule has 0 aliphatic carbocycles. The van der Waals surface area contributed by atoms with Gasteiger partial charge < -0.3 is 4.98 Å². The summed E-state index contributed by atoms with van der Waals surface area (Å²) in [6.07, 6.45) is 0. The fourth-order valence-corrected chi connectivity index (χ4v) is 3.15. The second-order valence-corrected chi connectivity index (χ2v) is 5.36. The zero-order valence-electron chi connectivity index (χ0n) is 9.68. The summed E-state index contributed by atoms with van der Waals surface area (Å²) in [5, 5.41) is 6.02. The van der Waals surface area contributed by atoms with Gasteiger partial charge in [0, 0.05) is 10.9 Å². The largest absolute Gasteiger partial charge is 0.354 e. The van der Waals surface area contributed by atoms with Crippen molar-refractivity contribution in [1.29, 1.82) is 0 Å². The van der Waals surface area contributed by atoms with Crippen molar-refractivity contribution in [3.8, 4) is 10.6 Å². The molecule has 2 aromatic carbocycles. The summed E-state index contributed by atoms with van der Waals surface area (Å²) in [5.41, 5.74) is 2.41. The van der Waals surface area contributed by atoms with Gasteiger partial charge in [-0.25, -0.2) is 0 Å². The highest BCUT2D eigenvalue weighted by molar-refractivity contribution is 7.13. The Balaban J connectivity index is 2.08. The fraction of sp³-hybridized carbons (Fsp3) is 0. The van der Waals surface area contributed by atoms with Crippen LogP contribution >= 0.6 is 11.3 Å². The normalized spacial score (nSPS) is 11.3. The first kappa shape index (κ1) is 9.92. The third-order valence-electron chi connectivity index (χ3n) is 3.32. The number of thiophene rings is 1. The monoisotopic (exact) mass is 249 g/mol. The molecule has 0 saturated heterocycles. The summed E-state index contributed by atoms with van der Waals surface area (Å²) in [6.45, 7) is 0. The van der Waals surface area contributed by atoms with Gasteiger partial charge in [-0.3, -0.25) is 0 Å². The van der Waals surface area contributed by atoms with E-state index in [4.69, 9.17) is 0 Å². The quantitative estimate of drug-likeness (QED) is 0.486. The Labute approximate surface area is 109 Å². The molecule has 2 aromatic heterocycles. The smallest absolute Gasteiger partial charge is 0.0566 e. The summed E-state index contributed by atoms with van der Waals surface area (Å²) in [5.74, 6) is 0. The maximum absolute atomic E-state index is 3.50. The number of rotatable bonds is 1. The fourth-order valence-electron chi connectivity index (χ4n) is 2.45. The van der Waals surface area contributed by atoms with Crippen molar-refractivity contribution >= 4 is 33.0 Å². The minimum Gasteiger partial charge on any atom is -0.354 e. The summed E-state index contributed by atoms with van der Waals surface area (Å²) in [6, 6.07) is 19.3. The first-order chi connectivity index (χ1) is 8.92. The van der Waals surface area contributed by atoms with Crippen molar-refractivity contribution < 1.29 is 0 Å². The van der Waals surface area contributed by atoms with Gasteiger partial charge in [-0.05, 0) is 34.4 Å². The highest BCUT2D eigenvalue weighted by Gasteiger charge is 2.06. The Morgan fingerprint density at radius 3 is 2.67 bits per heavy atom. The predicted molar refractivity (Wildman–Crippen MR) is 79.1 cm³/mol. The zero-order chi connectivity index (χ0) is 11.9. The molecule has 0 fully saturated rings. The average molecular weight is 249 g/mol. The van der Waals surface area contributed by atoms with Crippen molar-refractivity contribution in [2.24, 2.45) is 0 Å². The molecule has 86 valence electrons. The Morgan fingerprint density at radius 2 is 1.78 bits per heavy atom. The highest BCUT2D eigenvalue weighted by Crippen LogP contribution is 2.31. The molecule has 0 spiro atoms. The lowest BCUT2D eigenvalue weighted by molar-refractivity contribution is 1.48. The van der Waals surface area contributed by atoms with Crippen molar-refractivity contribution in [2.75, 3.05) is 0 Å². The molecule has 0 saturated carbocycles. The number of aromatic nitrogens is 1. The molecule has 4 aromatic rings. The number of hydrogen-bond acceptors (Lipinski definition) is 1. The average Bonchev–Trinajstić information content (AvgIpc) is 3.07. The van der Waals surface area contributed by atoms with E-state index in [9.17, 15) is 0 Å². The van der Waals surface area contributed by atoms with E-state index in [0.717, 1.165) is 0 Å². The van der Waals surface area contributed by atoms with Crippen LogP contribution in [0, 0.1) is 0 Å². The minimum absolute atomic E-state index is 1.20. The molecule has 0 bridgehead atoms. The molecule has 1 N–H and O–H groups in total. The van der Waals surface area contributed by atoms with Gasteiger partial charge in [0.25, 0.3) is 0 Å². The topological polar surface area (TPSA) is 15.8 Å². The second kappa shape index (κ2) is 3.72. The van der Waals surface area contributed by atoms with Crippen molar-refractivity contribution in [3.05, 3.63) is 60.0 Å². The second-order valence-electron chi connectivity index (χ2n) is 4.41. The molecule has 0 aliphatic rings. The van der Waals surface area contributed by atoms with Crippen LogP contribution in [0.15, 0.2) is 60.0 Å². The van der Waals surface area contributed by atoms with Crippen molar-refractivity contribution in [2.45, 2.75) is 0 Å². The molecule has 0 radical (unpaired) electrons. The molecule has 2 heterocycles. The Bertz CT molecular complexity index is 825. The molecular formula is C16H11NS. The van der Waals surface area contributed by atoms with Gasteiger partial charge in [0.15, 0.2) is 0 Å². The summed E-state index contributed by atoms with van der Waals surface area (Å²) >= 11 is 1.77. The number of aromatic amines is 1. The zero-order valence-corrected chi connectivity index (χ0v) is 10.5. The molecule has 0 atom stereocenters. The van der Waals surface area contributed by atoms with E-state index >= 15 is 0 Å². The Kier molecular flexibility index (Phi) is 2.05. The van der Waals surface area contributed by atoms with Crippen LogP contribution in [0.5, 0.6) is 0 Å². The van der Waals surface area contributed by atoms with Crippen LogP contribution in [0.3, 0.4) is 0 Å².